The van der Waals surface area contributed by atoms with Crippen molar-refractivity contribution in [2.75, 3.05) is 12.0 Å². The number of fused-ring (bicyclic) bond motifs is 1. The number of aromatic nitrogens is 1. The van der Waals surface area contributed by atoms with Crippen molar-refractivity contribution in [3.05, 3.63) is 93.7 Å². The third-order valence-corrected chi connectivity index (χ3v) is 7.03. The molecule has 170 valence electrons. The Labute approximate surface area is 206 Å². The van der Waals surface area contributed by atoms with E-state index in [1.165, 1.54) is 30.2 Å². The predicted octanol–water partition coefficient (Wildman–Crippen LogP) is 5.83. The van der Waals surface area contributed by atoms with Gasteiger partial charge in [0.05, 0.1) is 28.9 Å². The van der Waals surface area contributed by atoms with Crippen LogP contribution in [0.3, 0.4) is 0 Å². The molecule has 6 nitrogen and oxygen atoms in total. The van der Waals surface area contributed by atoms with Crippen molar-refractivity contribution < 1.29 is 23.8 Å². The zero-order chi connectivity index (χ0) is 24.0. The average Bonchev–Trinajstić information content (AvgIpc) is 3.36. The number of aliphatic hydroxyl groups excluding tert-OH is 1. The molecule has 1 N–H and O–H groups in total. The summed E-state index contributed by atoms with van der Waals surface area (Å²) in [5.41, 5.74) is 1.42. The average molecular weight is 539 g/mol. The largest absolute Gasteiger partial charge is 0.507 e. The number of ketones is 1. The summed E-state index contributed by atoms with van der Waals surface area (Å²) in [7, 11) is 1.53. The van der Waals surface area contributed by atoms with Crippen LogP contribution in [0.25, 0.3) is 16.0 Å². The van der Waals surface area contributed by atoms with Gasteiger partial charge < -0.3 is 9.84 Å². The van der Waals surface area contributed by atoms with Crippen molar-refractivity contribution in [1.82, 2.24) is 4.98 Å². The molecule has 1 saturated heterocycles. The zero-order valence-corrected chi connectivity index (χ0v) is 20.1. The molecule has 0 aliphatic carbocycles. The predicted molar refractivity (Wildman–Crippen MR) is 131 cm³/mol. The number of halogens is 2. The molecule has 9 heteroatoms. The van der Waals surface area contributed by atoms with Crippen LogP contribution in [-0.4, -0.2) is 28.9 Å². The number of aliphatic hydroxyl groups is 1. The Morgan fingerprint density at radius 3 is 2.59 bits per heavy atom. The van der Waals surface area contributed by atoms with Gasteiger partial charge in [-0.2, -0.15) is 0 Å². The van der Waals surface area contributed by atoms with E-state index in [0.29, 0.717) is 27.1 Å². The number of hydrogen-bond acceptors (Lipinski definition) is 6. The van der Waals surface area contributed by atoms with Crippen molar-refractivity contribution in [3.8, 4) is 5.75 Å². The standard InChI is InChI=1S/C25H16BrFN2O4S/c1-33-17-8-5-13(6-9-17)22(30)20-21(14-3-2-4-15(26)11-14)29(24(32)23(20)31)25-28-18-10-7-16(27)12-19(18)34-25/h2-12,21,30H,1H3/b22-20+/t21-/m1/s1. The van der Waals surface area contributed by atoms with Gasteiger partial charge in [0.15, 0.2) is 5.13 Å². The lowest BCUT2D eigenvalue weighted by Gasteiger charge is -2.23. The van der Waals surface area contributed by atoms with Gasteiger partial charge in [-0.25, -0.2) is 9.37 Å². The highest BCUT2D eigenvalue weighted by Gasteiger charge is 2.48. The molecule has 1 atom stereocenters. The fourth-order valence-electron chi connectivity index (χ4n) is 3.92. The molecular formula is C25H16BrFN2O4S. The maximum Gasteiger partial charge on any atom is 0.301 e. The summed E-state index contributed by atoms with van der Waals surface area (Å²) in [5.74, 6) is -1.79. The molecule has 3 aromatic carbocycles. The van der Waals surface area contributed by atoms with Crippen molar-refractivity contribution >= 4 is 60.1 Å². The molecule has 4 aromatic rings. The van der Waals surface area contributed by atoms with Crippen LogP contribution in [0.2, 0.25) is 0 Å². The van der Waals surface area contributed by atoms with E-state index in [9.17, 15) is 19.1 Å². The maximum absolute atomic E-state index is 13.7. The van der Waals surface area contributed by atoms with Crippen molar-refractivity contribution in [2.45, 2.75) is 6.04 Å². The Hall–Kier alpha value is -3.56. The number of benzene rings is 3. The van der Waals surface area contributed by atoms with Crippen LogP contribution in [0.4, 0.5) is 9.52 Å². The molecule has 0 spiro atoms. The number of nitrogens with zero attached hydrogens (tertiary/aromatic N) is 2. The van der Waals surface area contributed by atoms with E-state index < -0.39 is 23.5 Å². The summed E-state index contributed by atoms with van der Waals surface area (Å²) in [6.07, 6.45) is 0. The Bertz CT molecular complexity index is 1480. The van der Waals surface area contributed by atoms with E-state index in [0.717, 1.165) is 15.8 Å². The molecule has 1 aliphatic heterocycles. The lowest BCUT2D eigenvalue weighted by molar-refractivity contribution is -0.132. The van der Waals surface area contributed by atoms with Crippen molar-refractivity contribution in [2.24, 2.45) is 0 Å². The number of amides is 1. The molecule has 0 unspecified atom stereocenters. The fourth-order valence-corrected chi connectivity index (χ4v) is 5.35. The highest BCUT2D eigenvalue weighted by atomic mass is 79.9. The molecule has 0 bridgehead atoms. The number of rotatable bonds is 4. The van der Waals surface area contributed by atoms with Gasteiger partial charge >= 0.3 is 5.91 Å². The monoisotopic (exact) mass is 538 g/mol. The molecule has 5 rings (SSSR count). The molecule has 2 heterocycles. The lowest BCUT2D eigenvalue weighted by atomic mass is 9.95. The molecular weight excluding hydrogens is 523 g/mol. The molecule has 1 fully saturated rings. The van der Waals surface area contributed by atoms with Crippen LogP contribution >= 0.6 is 27.3 Å². The van der Waals surface area contributed by atoms with Crippen LogP contribution in [0.15, 0.2) is 76.8 Å². The SMILES string of the molecule is COc1ccc(/C(O)=C2\C(=O)C(=O)N(c3nc4ccc(F)cc4s3)[C@@H]2c2cccc(Br)c2)cc1. The number of carbonyl (C=O) groups is 2. The minimum Gasteiger partial charge on any atom is -0.507 e. The lowest BCUT2D eigenvalue weighted by Crippen LogP contribution is -2.29. The number of methoxy groups -OCH3 is 1. The number of ether oxygens (including phenoxy) is 1. The first-order valence-corrected chi connectivity index (χ1v) is 11.8. The van der Waals surface area contributed by atoms with Gasteiger partial charge in [0.25, 0.3) is 5.78 Å². The fraction of sp³-hybridized carbons (Fsp3) is 0.0800. The molecule has 34 heavy (non-hydrogen) atoms. The van der Waals surface area contributed by atoms with E-state index in [2.05, 4.69) is 20.9 Å². The second-order valence-electron chi connectivity index (χ2n) is 7.56. The van der Waals surface area contributed by atoms with Gasteiger partial charge in [-0.05, 0) is 60.2 Å². The van der Waals surface area contributed by atoms with Gasteiger partial charge in [-0.1, -0.05) is 39.4 Å². The van der Waals surface area contributed by atoms with E-state index in [1.54, 1.807) is 42.5 Å². The number of hydrogen-bond donors (Lipinski definition) is 1. The van der Waals surface area contributed by atoms with Gasteiger partial charge in [0.1, 0.15) is 17.3 Å². The van der Waals surface area contributed by atoms with Crippen LogP contribution in [0.1, 0.15) is 17.2 Å². The number of carbonyl (C=O) groups excluding carboxylic acids is 2. The van der Waals surface area contributed by atoms with E-state index in [4.69, 9.17) is 4.74 Å². The molecule has 1 aromatic heterocycles. The quantitative estimate of drug-likeness (QED) is 0.201. The first kappa shape index (κ1) is 22.2. The van der Waals surface area contributed by atoms with Crippen LogP contribution in [-0.2, 0) is 9.59 Å². The zero-order valence-electron chi connectivity index (χ0n) is 17.7. The Morgan fingerprint density at radius 2 is 1.88 bits per heavy atom. The van der Waals surface area contributed by atoms with Crippen molar-refractivity contribution in [1.29, 1.82) is 0 Å². The molecule has 1 amide bonds. The Morgan fingerprint density at radius 1 is 1.12 bits per heavy atom. The minimum absolute atomic E-state index is 0.0568. The molecule has 1 aliphatic rings. The summed E-state index contributed by atoms with van der Waals surface area (Å²) in [4.78, 5) is 32.2. The van der Waals surface area contributed by atoms with E-state index in [-0.39, 0.29) is 16.5 Å². The Kier molecular flexibility index (Phi) is 5.66. The summed E-state index contributed by atoms with van der Waals surface area (Å²) in [5, 5.41) is 11.4. The first-order chi connectivity index (χ1) is 16.4. The van der Waals surface area contributed by atoms with Gasteiger partial charge in [0.2, 0.25) is 0 Å². The van der Waals surface area contributed by atoms with Gasteiger partial charge in [0, 0.05) is 10.0 Å². The van der Waals surface area contributed by atoms with E-state index >= 15 is 0 Å². The molecule has 0 saturated carbocycles. The van der Waals surface area contributed by atoms with E-state index in [1.807, 2.05) is 6.07 Å². The first-order valence-electron chi connectivity index (χ1n) is 10.1. The summed E-state index contributed by atoms with van der Waals surface area (Å²) in [6.45, 7) is 0. The summed E-state index contributed by atoms with van der Waals surface area (Å²) in [6, 6.07) is 16.9. The van der Waals surface area contributed by atoms with Gasteiger partial charge in [-0.3, -0.25) is 14.5 Å². The number of thiazole rings is 1. The van der Waals surface area contributed by atoms with Crippen LogP contribution in [0, 0.1) is 5.82 Å². The highest BCUT2D eigenvalue weighted by Crippen LogP contribution is 2.44. The summed E-state index contributed by atoms with van der Waals surface area (Å²) < 4.78 is 20.2. The minimum atomic E-state index is -0.926. The van der Waals surface area contributed by atoms with Gasteiger partial charge in [-0.15, -0.1) is 0 Å². The normalized spacial score (nSPS) is 17.5. The van der Waals surface area contributed by atoms with Crippen molar-refractivity contribution in [3.63, 3.8) is 0 Å². The third kappa shape index (κ3) is 3.76. The smallest absolute Gasteiger partial charge is 0.301 e. The Balaban J connectivity index is 1.72. The maximum atomic E-state index is 13.7. The topological polar surface area (TPSA) is 79.7 Å². The highest BCUT2D eigenvalue weighted by molar-refractivity contribution is 9.10. The van der Waals surface area contributed by atoms with Crippen LogP contribution in [0.5, 0.6) is 5.75 Å². The van der Waals surface area contributed by atoms with Crippen LogP contribution < -0.4 is 9.64 Å². The number of anilines is 1. The second-order valence-corrected chi connectivity index (χ2v) is 9.49. The molecule has 0 radical (unpaired) electrons. The summed E-state index contributed by atoms with van der Waals surface area (Å²) >= 11 is 4.53. The number of Topliss-reactive ketones (excluding diaryl/α,β-unsaturated/α-hetero) is 1. The second kappa shape index (κ2) is 8.66. The third-order valence-electron chi connectivity index (χ3n) is 5.52.